The summed E-state index contributed by atoms with van der Waals surface area (Å²) in [5.74, 6) is -0.0983. The van der Waals surface area contributed by atoms with E-state index in [-0.39, 0.29) is 0 Å². The standard InChI is InChI=1S/C20H24O4/c1-3-20(2,19(21)22)17-9-11-18(12-10-17)24-14-13-23-15-16-7-5-4-6-8-16/h4-12H,3,13-15H2,1-2H3,(H,21,22). The lowest BCUT2D eigenvalue weighted by atomic mass is 9.80. The molecule has 128 valence electrons. The maximum Gasteiger partial charge on any atom is 0.313 e. The van der Waals surface area contributed by atoms with Crippen molar-refractivity contribution >= 4 is 5.97 Å². The molecule has 1 atom stereocenters. The Morgan fingerprint density at radius 2 is 1.71 bits per heavy atom. The molecule has 0 aliphatic carbocycles. The van der Waals surface area contributed by atoms with Crippen LogP contribution in [0.4, 0.5) is 0 Å². The lowest BCUT2D eigenvalue weighted by Crippen LogP contribution is -2.31. The number of carboxylic acid groups (broad SMARTS) is 1. The minimum absolute atomic E-state index is 0.455. The number of aliphatic carboxylic acids is 1. The van der Waals surface area contributed by atoms with Crippen LogP contribution in [0.15, 0.2) is 54.6 Å². The van der Waals surface area contributed by atoms with E-state index in [4.69, 9.17) is 9.47 Å². The van der Waals surface area contributed by atoms with Gasteiger partial charge in [0, 0.05) is 0 Å². The second kappa shape index (κ2) is 8.50. The third kappa shape index (κ3) is 4.59. The zero-order valence-electron chi connectivity index (χ0n) is 14.2. The molecule has 0 heterocycles. The van der Waals surface area contributed by atoms with E-state index in [0.717, 1.165) is 11.1 Å². The van der Waals surface area contributed by atoms with Gasteiger partial charge >= 0.3 is 5.97 Å². The molecule has 0 radical (unpaired) electrons. The fourth-order valence-electron chi connectivity index (χ4n) is 2.38. The van der Waals surface area contributed by atoms with E-state index in [2.05, 4.69) is 0 Å². The van der Waals surface area contributed by atoms with E-state index in [0.29, 0.717) is 32.0 Å². The molecule has 2 aromatic rings. The Balaban J connectivity index is 1.79. The first kappa shape index (κ1) is 18.0. The SMILES string of the molecule is CCC(C)(C(=O)O)c1ccc(OCCOCc2ccccc2)cc1. The Bertz CT molecular complexity index is 636. The largest absolute Gasteiger partial charge is 0.491 e. The molecule has 0 amide bonds. The van der Waals surface area contributed by atoms with Gasteiger partial charge in [0.15, 0.2) is 0 Å². The van der Waals surface area contributed by atoms with Crippen LogP contribution in [0.3, 0.4) is 0 Å². The molecular weight excluding hydrogens is 304 g/mol. The number of hydrogen-bond donors (Lipinski definition) is 1. The first-order valence-corrected chi connectivity index (χ1v) is 8.14. The van der Waals surface area contributed by atoms with Gasteiger partial charge in [-0.15, -0.1) is 0 Å². The number of benzene rings is 2. The molecule has 0 aromatic heterocycles. The van der Waals surface area contributed by atoms with Crippen molar-refractivity contribution in [1.82, 2.24) is 0 Å². The van der Waals surface area contributed by atoms with Crippen molar-refractivity contribution in [2.75, 3.05) is 13.2 Å². The molecule has 0 fully saturated rings. The van der Waals surface area contributed by atoms with Gasteiger partial charge in [-0.2, -0.15) is 0 Å². The van der Waals surface area contributed by atoms with Gasteiger partial charge in [-0.3, -0.25) is 4.79 Å². The van der Waals surface area contributed by atoms with Crippen LogP contribution in [0.2, 0.25) is 0 Å². The summed E-state index contributed by atoms with van der Waals surface area (Å²) in [6.07, 6.45) is 0.538. The first-order chi connectivity index (χ1) is 11.6. The summed E-state index contributed by atoms with van der Waals surface area (Å²) in [5.41, 5.74) is 1.05. The van der Waals surface area contributed by atoms with Crippen molar-refractivity contribution in [3.63, 3.8) is 0 Å². The fraction of sp³-hybridized carbons (Fsp3) is 0.350. The smallest absolute Gasteiger partial charge is 0.313 e. The van der Waals surface area contributed by atoms with Gasteiger partial charge in [0.05, 0.1) is 18.6 Å². The van der Waals surface area contributed by atoms with E-state index in [1.807, 2.05) is 61.5 Å². The maximum atomic E-state index is 11.5. The molecule has 0 bridgehead atoms. The van der Waals surface area contributed by atoms with Gasteiger partial charge in [0.1, 0.15) is 12.4 Å². The van der Waals surface area contributed by atoms with Crippen LogP contribution in [0.5, 0.6) is 5.75 Å². The molecule has 0 aliphatic heterocycles. The van der Waals surface area contributed by atoms with Crippen LogP contribution in [0, 0.1) is 0 Å². The topological polar surface area (TPSA) is 55.8 Å². The molecule has 0 aliphatic rings. The summed E-state index contributed by atoms with van der Waals surface area (Å²) in [6.45, 7) is 5.14. The third-order valence-electron chi connectivity index (χ3n) is 4.28. The van der Waals surface area contributed by atoms with Crippen LogP contribution in [-0.2, 0) is 21.6 Å². The van der Waals surface area contributed by atoms with Gasteiger partial charge in [0.2, 0.25) is 0 Å². The van der Waals surface area contributed by atoms with Crippen molar-refractivity contribution in [3.8, 4) is 5.75 Å². The van der Waals surface area contributed by atoms with E-state index in [1.165, 1.54) is 0 Å². The van der Waals surface area contributed by atoms with E-state index < -0.39 is 11.4 Å². The van der Waals surface area contributed by atoms with Crippen LogP contribution in [-0.4, -0.2) is 24.3 Å². The molecule has 0 saturated carbocycles. The van der Waals surface area contributed by atoms with Crippen molar-refractivity contribution in [2.45, 2.75) is 32.3 Å². The maximum absolute atomic E-state index is 11.5. The zero-order chi connectivity index (χ0) is 17.4. The minimum atomic E-state index is -0.864. The monoisotopic (exact) mass is 328 g/mol. The van der Waals surface area contributed by atoms with Gasteiger partial charge < -0.3 is 14.6 Å². The Morgan fingerprint density at radius 3 is 2.29 bits per heavy atom. The van der Waals surface area contributed by atoms with Crippen molar-refractivity contribution in [2.24, 2.45) is 0 Å². The summed E-state index contributed by atoms with van der Waals surface area (Å²) in [4.78, 5) is 11.5. The Hall–Kier alpha value is -2.33. The molecule has 1 N–H and O–H groups in total. The number of carboxylic acids is 1. The molecule has 2 rings (SSSR count). The average molecular weight is 328 g/mol. The normalized spacial score (nSPS) is 13.2. The lowest BCUT2D eigenvalue weighted by molar-refractivity contribution is -0.143. The minimum Gasteiger partial charge on any atom is -0.491 e. The number of carbonyl (C=O) groups is 1. The summed E-state index contributed by atoms with van der Waals surface area (Å²) in [6, 6.07) is 17.2. The quantitative estimate of drug-likeness (QED) is 0.706. The summed E-state index contributed by atoms with van der Waals surface area (Å²) >= 11 is 0. The predicted molar refractivity (Wildman–Crippen MR) is 93.3 cm³/mol. The second-order valence-electron chi connectivity index (χ2n) is 5.90. The highest BCUT2D eigenvalue weighted by molar-refractivity contribution is 5.80. The highest BCUT2D eigenvalue weighted by Gasteiger charge is 2.32. The second-order valence-corrected chi connectivity index (χ2v) is 5.90. The number of hydrogen-bond acceptors (Lipinski definition) is 3. The molecule has 4 heteroatoms. The van der Waals surface area contributed by atoms with Gasteiger partial charge in [-0.25, -0.2) is 0 Å². The van der Waals surface area contributed by atoms with Gasteiger partial charge in [0.25, 0.3) is 0 Å². The van der Waals surface area contributed by atoms with Crippen molar-refractivity contribution in [3.05, 3.63) is 65.7 Å². The van der Waals surface area contributed by atoms with Crippen LogP contribution < -0.4 is 4.74 Å². The summed E-state index contributed by atoms with van der Waals surface area (Å²) < 4.78 is 11.2. The molecule has 2 aromatic carbocycles. The third-order valence-corrected chi connectivity index (χ3v) is 4.28. The van der Waals surface area contributed by atoms with Crippen molar-refractivity contribution < 1.29 is 19.4 Å². The van der Waals surface area contributed by atoms with Gasteiger partial charge in [-0.1, -0.05) is 49.4 Å². The first-order valence-electron chi connectivity index (χ1n) is 8.14. The fourth-order valence-corrected chi connectivity index (χ4v) is 2.38. The van der Waals surface area contributed by atoms with Crippen LogP contribution >= 0.6 is 0 Å². The Kier molecular flexibility index (Phi) is 6.38. The van der Waals surface area contributed by atoms with E-state index in [1.54, 1.807) is 6.92 Å². The van der Waals surface area contributed by atoms with E-state index >= 15 is 0 Å². The highest BCUT2D eigenvalue weighted by atomic mass is 16.5. The predicted octanol–water partition coefficient (Wildman–Crippen LogP) is 4.03. The van der Waals surface area contributed by atoms with Crippen LogP contribution in [0.25, 0.3) is 0 Å². The van der Waals surface area contributed by atoms with Gasteiger partial charge in [-0.05, 0) is 36.6 Å². The molecule has 1 unspecified atom stereocenters. The molecule has 4 nitrogen and oxygen atoms in total. The Morgan fingerprint density at radius 1 is 1.04 bits per heavy atom. The average Bonchev–Trinajstić information content (AvgIpc) is 2.62. The van der Waals surface area contributed by atoms with Crippen LogP contribution in [0.1, 0.15) is 31.4 Å². The van der Waals surface area contributed by atoms with Crippen molar-refractivity contribution in [1.29, 1.82) is 0 Å². The Labute approximate surface area is 143 Å². The molecule has 0 spiro atoms. The molecular formula is C20H24O4. The summed E-state index contributed by atoms with van der Waals surface area (Å²) in [5, 5.41) is 9.40. The summed E-state index contributed by atoms with van der Waals surface area (Å²) in [7, 11) is 0. The number of ether oxygens (including phenoxy) is 2. The lowest BCUT2D eigenvalue weighted by Gasteiger charge is -2.23. The highest BCUT2D eigenvalue weighted by Crippen LogP contribution is 2.29. The zero-order valence-corrected chi connectivity index (χ0v) is 14.2. The molecule has 0 saturated heterocycles. The number of rotatable bonds is 9. The van der Waals surface area contributed by atoms with E-state index in [9.17, 15) is 9.90 Å². The molecule has 24 heavy (non-hydrogen) atoms.